The molecule has 0 unspecified atom stereocenters. The first-order valence-corrected chi connectivity index (χ1v) is 10.0. The second kappa shape index (κ2) is 9.00. The van der Waals surface area contributed by atoms with E-state index < -0.39 is 0 Å². The maximum Gasteiger partial charge on any atom is 0.234 e. The Bertz CT molecular complexity index is 968. The quantitative estimate of drug-likeness (QED) is 0.661. The van der Waals surface area contributed by atoms with Crippen LogP contribution in [-0.4, -0.2) is 69.5 Å². The molecule has 0 bridgehead atoms. The average molecular weight is 407 g/mol. The van der Waals surface area contributed by atoms with Crippen molar-refractivity contribution in [2.45, 2.75) is 19.9 Å². The van der Waals surface area contributed by atoms with E-state index in [4.69, 9.17) is 9.40 Å². The minimum atomic E-state index is 0.0585. The fourth-order valence-corrected chi connectivity index (χ4v) is 3.43. The molecular formula is C21H25N7O2. The highest BCUT2D eigenvalue weighted by atomic mass is 16.3. The molecule has 0 saturated carbocycles. The molecule has 0 aromatic carbocycles. The van der Waals surface area contributed by atoms with Crippen LogP contribution in [0.15, 0.2) is 47.6 Å². The van der Waals surface area contributed by atoms with Gasteiger partial charge in [-0.05, 0) is 26.0 Å². The Labute approximate surface area is 175 Å². The van der Waals surface area contributed by atoms with Crippen molar-refractivity contribution in [1.29, 1.82) is 0 Å². The van der Waals surface area contributed by atoms with Crippen molar-refractivity contribution in [3.05, 3.63) is 43.2 Å². The summed E-state index contributed by atoms with van der Waals surface area (Å²) < 4.78 is 5.61. The molecule has 30 heavy (non-hydrogen) atoms. The summed E-state index contributed by atoms with van der Waals surface area (Å²) in [5.41, 5.74) is 2.14. The van der Waals surface area contributed by atoms with Crippen LogP contribution >= 0.6 is 0 Å². The monoisotopic (exact) mass is 407 g/mol. The summed E-state index contributed by atoms with van der Waals surface area (Å²) in [5, 5.41) is 2.94. The number of carbonyl (C=O) groups is 1. The van der Waals surface area contributed by atoms with Crippen molar-refractivity contribution in [2.24, 2.45) is 0 Å². The lowest BCUT2D eigenvalue weighted by atomic mass is 10.1. The number of amides is 1. The first kappa shape index (κ1) is 20.0. The normalized spacial score (nSPS) is 14.8. The van der Waals surface area contributed by atoms with Crippen LogP contribution < -0.4 is 10.2 Å². The lowest BCUT2D eigenvalue weighted by molar-refractivity contribution is -0.122. The minimum absolute atomic E-state index is 0.0585. The van der Waals surface area contributed by atoms with Crippen molar-refractivity contribution in [3.8, 4) is 22.7 Å². The molecule has 1 fully saturated rings. The lowest BCUT2D eigenvalue weighted by Crippen LogP contribution is -2.50. The van der Waals surface area contributed by atoms with Crippen LogP contribution in [0.1, 0.15) is 13.8 Å². The Morgan fingerprint density at radius 2 is 2.00 bits per heavy atom. The van der Waals surface area contributed by atoms with E-state index in [1.54, 1.807) is 31.1 Å². The second-order valence-corrected chi connectivity index (χ2v) is 7.49. The zero-order chi connectivity index (χ0) is 20.9. The summed E-state index contributed by atoms with van der Waals surface area (Å²) >= 11 is 0. The Morgan fingerprint density at radius 1 is 1.17 bits per heavy atom. The molecule has 3 aromatic heterocycles. The number of rotatable bonds is 6. The van der Waals surface area contributed by atoms with Gasteiger partial charge in [0.2, 0.25) is 11.9 Å². The third-order valence-corrected chi connectivity index (χ3v) is 4.84. The molecule has 0 spiro atoms. The van der Waals surface area contributed by atoms with Crippen LogP contribution in [0.2, 0.25) is 0 Å². The summed E-state index contributed by atoms with van der Waals surface area (Å²) in [6, 6.07) is 3.86. The highest BCUT2D eigenvalue weighted by Crippen LogP contribution is 2.30. The van der Waals surface area contributed by atoms with Crippen LogP contribution in [-0.2, 0) is 4.79 Å². The average Bonchev–Trinajstić information content (AvgIpc) is 3.29. The van der Waals surface area contributed by atoms with Crippen LogP contribution in [0.3, 0.4) is 0 Å². The van der Waals surface area contributed by atoms with Gasteiger partial charge in [-0.15, -0.1) is 0 Å². The van der Waals surface area contributed by atoms with Crippen LogP contribution in [0.25, 0.3) is 22.7 Å². The van der Waals surface area contributed by atoms with E-state index >= 15 is 0 Å². The van der Waals surface area contributed by atoms with E-state index in [0.29, 0.717) is 29.6 Å². The maximum absolute atomic E-state index is 12.0. The Balaban J connectivity index is 1.51. The van der Waals surface area contributed by atoms with E-state index in [2.05, 4.69) is 30.1 Å². The molecule has 3 aromatic rings. The SMILES string of the molecule is CC(C)NC(=O)CN1CCN(c2ncc(-c3cnccn3)c(-c3ccco3)n2)CC1. The number of piperazine rings is 1. The molecule has 4 heterocycles. The minimum Gasteiger partial charge on any atom is -0.463 e. The van der Waals surface area contributed by atoms with Gasteiger partial charge in [-0.1, -0.05) is 0 Å². The first-order valence-electron chi connectivity index (χ1n) is 10.0. The zero-order valence-corrected chi connectivity index (χ0v) is 17.2. The highest BCUT2D eigenvalue weighted by Gasteiger charge is 2.23. The third-order valence-electron chi connectivity index (χ3n) is 4.84. The van der Waals surface area contributed by atoms with E-state index in [9.17, 15) is 4.79 Å². The maximum atomic E-state index is 12.0. The molecule has 9 nitrogen and oxygen atoms in total. The third kappa shape index (κ3) is 4.62. The number of hydrogen-bond donors (Lipinski definition) is 1. The predicted molar refractivity (Wildman–Crippen MR) is 113 cm³/mol. The number of aromatic nitrogens is 4. The van der Waals surface area contributed by atoms with Crippen LogP contribution in [0.5, 0.6) is 0 Å². The lowest BCUT2D eigenvalue weighted by Gasteiger charge is -2.34. The van der Waals surface area contributed by atoms with E-state index in [1.807, 2.05) is 26.0 Å². The summed E-state index contributed by atoms with van der Waals surface area (Å²) in [7, 11) is 0. The molecule has 4 rings (SSSR count). The smallest absolute Gasteiger partial charge is 0.234 e. The summed E-state index contributed by atoms with van der Waals surface area (Å²) in [4.78, 5) is 34.2. The van der Waals surface area contributed by atoms with E-state index in [0.717, 1.165) is 31.7 Å². The van der Waals surface area contributed by atoms with Crippen molar-refractivity contribution in [2.75, 3.05) is 37.6 Å². The molecule has 1 N–H and O–H groups in total. The van der Waals surface area contributed by atoms with Gasteiger partial charge in [0.25, 0.3) is 0 Å². The molecule has 0 aliphatic carbocycles. The topological polar surface area (TPSA) is 100 Å². The Morgan fingerprint density at radius 3 is 2.67 bits per heavy atom. The predicted octanol–water partition coefficient (Wildman–Crippen LogP) is 1.84. The van der Waals surface area contributed by atoms with Crippen molar-refractivity contribution < 1.29 is 9.21 Å². The fraction of sp³-hybridized carbons (Fsp3) is 0.381. The number of nitrogens with one attached hydrogen (secondary N) is 1. The van der Waals surface area contributed by atoms with Gasteiger partial charge in [0.15, 0.2) is 5.76 Å². The number of furan rings is 1. The van der Waals surface area contributed by atoms with Crippen LogP contribution in [0.4, 0.5) is 5.95 Å². The summed E-state index contributed by atoms with van der Waals surface area (Å²) in [6.07, 6.45) is 8.35. The number of nitrogens with zero attached hydrogens (tertiary/aromatic N) is 6. The first-order chi connectivity index (χ1) is 14.6. The van der Waals surface area contributed by atoms with Crippen molar-refractivity contribution >= 4 is 11.9 Å². The fourth-order valence-electron chi connectivity index (χ4n) is 3.43. The van der Waals surface area contributed by atoms with Crippen molar-refractivity contribution in [1.82, 2.24) is 30.2 Å². The molecule has 1 amide bonds. The molecule has 0 radical (unpaired) electrons. The van der Waals surface area contributed by atoms with Gasteiger partial charge < -0.3 is 14.6 Å². The molecular weight excluding hydrogens is 382 g/mol. The van der Waals surface area contributed by atoms with Gasteiger partial charge in [0.1, 0.15) is 5.69 Å². The highest BCUT2D eigenvalue weighted by molar-refractivity contribution is 5.78. The van der Waals surface area contributed by atoms with Gasteiger partial charge >= 0.3 is 0 Å². The number of carbonyl (C=O) groups excluding carboxylic acids is 1. The molecule has 1 aliphatic rings. The van der Waals surface area contributed by atoms with Gasteiger partial charge in [0.05, 0.1) is 24.7 Å². The largest absolute Gasteiger partial charge is 0.463 e. The van der Waals surface area contributed by atoms with Gasteiger partial charge in [-0.3, -0.25) is 19.7 Å². The summed E-state index contributed by atoms with van der Waals surface area (Å²) in [5.74, 6) is 1.35. The second-order valence-electron chi connectivity index (χ2n) is 7.49. The Hall–Kier alpha value is -3.33. The molecule has 1 aliphatic heterocycles. The van der Waals surface area contributed by atoms with Gasteiger partial charge in [0, 0.05) is 56.4 Å². The molecule has 9 heteroatoms. The van der Waals surface area contributed by atoms with Gasteiger partial charge in [-0.25, -0.2) is 9.97 Å². The molecule has 1 saturated heterocycles. The van der Waals surface area contributed by atoms with E-state index in [1.165, 1.54) is 0 Å². The van der Waals surface area contributed by atoms with Gasteiger partial charge in [-0.2, -0.15) is 0 Å². The zero-order valence-electron chi connectivity index (χ0n) is 17.2. The molecule has 156 valence electrons. The van der Waals surface area contributed by atoms with Crippen molar-refractivity contribution in [3.63, 3.8) is 0 Å². The standard InChI is InChI=1S/C21H25N7O2/c1-15(2)25-19(29)14-27-7-9-28(10-8-27)21-24-12-16(17-13-22-5-6-23-17)20(26-21)18-4-3-11-30-18/h3-6,11-13,15H,7-10,14H2,1-2H3,(H,25,29). The van der Waals surface area contributed by atoms with E-state index in [-0.39, 0.29) is 11.9 Å². The summed E-state index contributed by atoms with van der Waals surface area (Å²) in [6.45, 7) is 7.39. The Kier molecular flexibility index (Phi) is 5.99. The molecule has 0 atom stereocenters. The number of anilines is 1. The van der Waals surface area contributed by atoms with Crippen LogP contribution in [0, 0.1) is 0 Å². The number of hydrogen-bond acceptors (Lipinski definition) is 8.